The summed E-state index contributed by atoms with van der Waals surface area (Å²) in [5.41, 5.74) is 6.73. The smallest absolute Gasteiger partial charge is 0.535 e. The molecule has 43 heavy (non-hydrogen) atoms. The van der Waals surface area contributed by atoms with Crippen LogP contribution < -0.4 is 9.55 Å². The molecule has 1 radical (unpaired) electrons. The molecular formula is C38H25BNO3. The van der Waals surface area contributed by atoms with Gasteiger partial charge in [-0.05, 0) is 75.1 Å². The van der Waals surface area contributed by atoms with Crippen LogP contribution >= 0.6 is 0 Å². The van der Waals surface area contributed by atoms with Crippen molar-refractivity contribution >= 4 is 68.2 Å². The first-order valence-corrected chi connectivity index (χ1v) is 14.2. The van der Waals surface area contributed by atoms with Gasteiger partial charge in [0.2, 0.25) is 0 Å². The molecule has 0 amide bonds. The average Bonchev–Trinajstić information content (AvgIpc) is 3.45. The van der Waals surface area contributed by atoms with Gasteiger partial charge in [0.05, 0.1) is 0 Å². The number of benzene rings is 7. The molecule has 5 heteroatoms. The van der Waals surface area contributed by atoms with Gasteiger partial charge in [-0.2, -0.15) is 0 Å². The second kappa shape index (κ2) is 10.4. The zero-order chi connectivity index (χ0) is 28.8. The lowest BCUT2D eigenvalue weighted by atomic mass is 10.0. The molecule has 0 atom stereocenters. The van der Waals surface area contributed by atoms with Crippen molar-refractivity contribution in [1.82, 2.24) is 0 Å². The fourth-order valence-corrected chi connectivity index (χ4v) is 6.06. The number of hydrogen-bond donors (Lipinski definition) is 1. The molecule has 0 saturated carbocycles. The van der Waals surface area contributed by atoms with E-state index in [0.717, 1.165) is 49.8 Å². The Morgan fingerprint density at radius 3 is 2.00 bits per heavy atom. The highest BCUT2D eigenvalue weighted by atomic mass is 16.5. The van der Waals surface area contributed by atoms with Crippen molar-refractivity contribution < 1.29 is 14.1 Å². The molecule has 0 spiro atoms. The molecule has 1 heterocycles. The normalized spacial score (nSPS) is 11.4. The van der Waals surface area contributed by atoms with E-state index < -0.39 is 0 Å². The summed E-state index contributed by atoms with van der Waals surface area (Å²) in [4.78, 5) is 2.25. The fourth-order valence-electron chi connectivity index (χ4n) is 6.06. The molecule has 0 aliphatic rings. The first-order valence-electron chi connectivity index (χ1n) is 14.2. The second-order valence-corrected chi connectivity index (χ2v) is 10.6. The molecule has 1 aromatic heterocycles. The number of furan rings is 1. The van der Waals surface area contributed by atoms with Crippen molar-refractivity contribution in [3.05, 3.63) is 146 Å². The molecule has 8 aromatic rings. The van der Waals surface area contributed by atoms with Gasteiger partial charge in [-0.15, -0.1) is 0 Å². The highest BCUT2D eigenvalue weighted by Crippen LogP contribution is 2.43. The van der Waals surface area contributed by atoms with Gasteiger partial charge in [0.15, 0.2) is 5.58 Å². The van der Waals surface area contributed by atoms with Crippen molar-refractivity contribution in [3.8, 4) is 16.9 Å². The molecule has 203 valence electrons. The van der Waals surface area contributed by atoms with Gasteiger partial charge in [-0.3, -0.25) is 0 Å². The number of hydrogen-bond acceptors (Lipinski definition) is 4. The van der Waals surface area contributed by atoms with Gasteiger partial charge in [0.25, 0.3) is 0 Å². The lowest BCUT2D eigenvalue weighted by Gasteiger charge is -2.26. The monoisotopic (exact) mass is 554 g/mol. The van der Waals surface area contributed by atoms with Gasteiger partial charge in [-0.1, -0.05) is 97.1 Å². The summed E-state index contributed by atoms with van der Waals surface area (Å²) in [6.45, 7) is 0. The van der Waals surface area contributed by atoms with Gasteiger partial charge >= 0.3 is 7.69 Å². The molecule has 0 aliphatic carbocycles. The Bertz CT molecular complexity index is 2260. The van der Waals surface area contributed by atoms with Crippen LogP contribution in [0.5, 0.6) is 5.75 Å². The zero-order valence-corrected chi connectivity index (χ0v) is 23.1. The van der Waals surface area contributed by atoms with E-state index in [1.807, 2.05) is 30.3 Å². The largest absolute Gasteiger partial charge is 0.569 e. The summed E-state index contributed by atoms with van der Waals surface area (Å²) < 4.78 is 12.0. The SMILES string of the molecule is O[B]Oc1cc2ccccc2c2c1oc1cc(N(c3ccc(-c4ccccc4)cc3)c3ccc4ccccc4c3)ccc12. The van der Waals surface area contributed by atoms with Crippen LogP contribution in [-0.4, -0.2) is 12.7 Å². The second-order valence-electron chi connectivity index (χ2n) is 10.6. The van der Waals surface area contributed by atoms with Gasteiger partial charge < -0.3 is 19.0 Å². The van der Waals surface area contributed by atoms with Crippen molar-refractivity contribution in [3.63, 3.8) is 0 Å². The third-order valence-electron chi connectivity index (χ3n) is 8.08. The number of anilines is 3. The Hall–Kier alpha value is -5.52. The summed E-state index contributed by atoms with van der Waals surface area (Å²) in [6.07, 6.45) is 0. The first kappa shape index (κ1) is 25.2. The van der Waals surface area contributed by atoms with Crippen LogP contribution in [0.1, 0.15) is 0 Å². The Balaban J connectivity index is 1.32. The van der Waals surface area contributed by atoms with Crippen LogP contribution in [0.3, 0.4) is 0 Å². The molecule has 7 aromatic carbocycles. The lowest BCUT2D eigenvalue weighted by molar-refractivity contribution is 0.451. The third kappa shape index (κ3) is 4.38. The fraction of sp³-hybridized carbons (Fsp3) is 0. The Labute approximate surface area is 249 Å². The van der Waals surface area contributed by atoms with E-state index in [2.05, 4.69) is 120 Å². The molecule has 1 N–H and O–H groups in total. The number of rotatable bonds is 6. The summed E-state index contributed by atoms with van der Waals surface area (Å²) in [5.74, 6) is 0.469. The summed E-state index contributed by atoms with van der Waals surface area (Å²) in [5, 5.41) is 15.8. The molecule has 4 nitrogen and oxygen atoms in total. The van der Waals surface area contributed by atoms with Crippen LogP contribution in [0.15, 0.2) is 150 Å². The van der Waals surface area contributed by atoms with Crippen LogP contribution in [0.25, 0.3) is 54.6 Å². The van der Waals surface area contributed by atoms with Crippen LogP contribution in [-0.2, 0) is 0 Å². The Morgan fingerprint density at radius 1 is 0.535 bits per heavy atom. The third-order valence-corrected chi connectivity index (χ3v) is 8.08. The van der Waals surface area contributed by atoms with Crippen LogP contribution in [0, 0.1) is 0 Å². The first-order chi connectivity index (χ1) is 21.3. The average molecular weight is 554 g/mol. The lowest BCUT2D eigenvalue weighted by Crippen LogP contribution is -2.09. The van der Waals surface area contributed by atoms with E-state index >= 15 is 0 Å². The maximum atomic E-state index is 9.47. The van der Waals surface area contributed by atoms with Gasteiger partial charge in [-0.25, -0.2) is 0 Å². The number of fused-ring (bicyclic) bond motifs is 6. The quantitative estimate of drug-likeness (QED) is 0.208. The van der Waals surface area contributed by atoms with Crippen LogP contribution in [0.2, 0.25) is 0 Å². The minimum atomic E-state index is 0.469. The molecule has 0 bridgehead atoms. The van der Waals surface area contributed by atoms with Gasteiger partial charge in [0.1, 0.15) is 11.3 Å². The standard InChI is InChI=1S/C38H25BNO3/c41-39-43-36-23-29-12-6-7-13-33(29)37-34-21-20-32(24-35(34)42-38(36)37)40(31-19-16-26-10-4-5-11-28(26)22-31)30-17-14-27(15-18-30)25-8-2-1-3-9-25/h1-24,41H. The predicted octanol–water partition coefficient (Wildman–Crippen LogP) is 9.93. The topological polar surface area (TPSA) is 45.8 Å². The van der Waals surface area contributed by atoms with E-state index in [0.29, 0.717) is 19.0 Å². The maximum absolute atomic E-state index is 9.47. The molecule has 0 saturated heterocycles. The maximum Gasteiger partial charge on any atom is 0.569 e. The van der Waals surface area contributed by atoms with E-state index in [4.69, 9.17) is 9.07 Å². The minimum Gasteiger partial charge on any atom is -0.535 e. The summed E-state index contributed by atoms with van der Waals surface area (Å²) in [7, 11) is 0.697. The van der Waals surface area contributed by atoms with Crippen molar-refractivity contribution in [1.29, 1.82) is 0 Å². The molecule has 0 aliphatic heterocycles. The number of nitrogens with zero attached hydrogens (tertiary/aromatic N) is 1. The highest BCUT2D eigenvalue weighted by molar-refractivity contribution is 6.23. The van der Waals surface area contributed by atoms with E-state index in [-0.39, 0.29) is 0 Å². The molecule has 0 unspecified atom stereocenters. The van der Waals surface area contributed by atoms with E-state index in [1.54, 1.807) is 0 Å². The molecular weight excluding hydrogens is 529 g/mol. The van der Waals surface area contributed by atoms with Crippen molar-refractivity contribution in [2.75, 3.05) is 4.90 Å². The summed E-state index contributed by atoms with van der Waals surface area (Å²) in [6, 6.07) is 50.4. The van der Waals surface area contributed by atoms with E-state index in [9.17, 15) is 5.02 Å². The predicted molar refractivity (Wildman–Crippen MR) is 177 cm³/mol. The summed E-state index contributed by atoms with van der Waals surface area (Å²) >= 11 is 0. The highest BCUT2D eigenvalue weighted by Gasteiger charge is 2.19. The van der Waals surface area contributed by atoms with Crippen molar-refractivity contribution in [2.45, 2.75) is 0 Å². The van der Waals surface area contributed by atoms with Gasteiger partial charge in [0, 0.05) is 33.9 Å². The molecule has 0 fully saturated rings. The minimum absolute atomic E-state index is 0.469. The van der Waals surface area contributed by atoms with E-state index in [1.165, 1.54) is 16.3 Å². The molecule has 8 rings (SSSR count). The Morgan fingerprint density at radius 2 is 1.19 bits per heavy atom. The zero-order valence-electron chi connectivity index (χ0n) is 23.1. The van der Waals surface area contributed by atoms with Crippen molar-refractivity contribution in [2.24, 2.45) is 0 Å². The van der Waals surface area contributed by atoms with Crippen LogP contribution in [0.4, 0.5) is 17.1 Å². The Kier molecular flexibility index (Phi) is 6.09.